The minimum Gasteiger partial charge on any atom is -0.362 e. The molecule has 1 N–H and O–H groups in total. The fourth-order valence-electron chi connectivity index (χ4n) is 1.58. The van der Waals surface area contributed by atoms with Gasteiger partial charge in [-0.15, -0.1) is 0 Å². The second-order valence-corrected chi connectivity index (χ2v) is 5.08. The molecule has 4 nitrogen and oxygen atoms in total. The molecular formula is C13H10BrClN4. The molecular weight excluding hydrogens is 328 g/mol. The molecule has 0 aliphatic carbocycles. The average Bonchev–Trinajstić information content (AvgIpc) is 2.44. The van der Waals surface area contributed by atoms with Gasteiger partial charge in [-0.05, 0) is 40.5 Å². The van der Waals surface area contributed by atoms with Gasteiger partial charge in [0.2, 0.25) is 0 Å². The number of hydrogen-bond donors (Lipinski definition) is 1. The first-order chi connectivity index (χ1) is 9.11. The summed E-state index contributed by atoms with van der Waals surface area (Å²) < 4.78 is 0.636. The van der Waals surface area contributed by atoms with E-state index < -0.39 is 0 Å². The second-order valence-electron chi connectivity index (χ2n) is 3.93. The summed E-state index contributed by atoms with van der Waals surface area (Å²) >= 11 is 9.25. The van der Waals surface area contributed by atoms with Gasteiger partial charge in [0.15, 0.2) is 0 Å². The van der Waals surface area contributed by atoms with Gasteiger partial charge in [-0.2, -0.15) is 5.26 Å². The number of nitriles is 1. The Morgan fingerprint density at radius 3 is 2.63 bits per heavy atom. The van der Waals surface area contributed by atoms with Crippen LogP contribution in [-0.2, 0) is 0 Å². The number of aromatic nitrogens is 2. The molecule has 6 heteroatoms. The second kappa shape index (κ2) is 6.00. The van der Waals surface area contributed by atoms with Crippen molar-refractivity contribution in [2.75, 3.05) is 5.32 Å². The smallest absolute Gasteiger partial charge is 0.148 e. The highest BCUT2D eigenvalue weighted by atomic mass is 79.9. The molecule has 0 aliphatic rings. The first kappa shape index (κ1) is 13.8. The van der Waals surface area contributed by atoms with E-state index in [1.165, 1.54) is 6.33 Å². The molecule has 0 amide bonds. The summed E-state index contributed by atoms with van der Waals surface area (Å²) in [6, 6.07) is 9.52. The van der Waals surface area contributed by atoms with E-state index in [-0.39, 0.29) is 6.04 Å². The van der Waals surface area contributed by atoms with Crippen molar-refractivity contribution < 1.29 is 0 Å². The van der Waals surface area contributed by atoms with Gasteiger partial charge in [0, 0.05) is 6.04 Å². The number of rotatable bonds is 3. The Labute approximate surface area is 124 Å². The Kier molecular flexibility index (Phi) is 4.35. The molecule has 96 valence electrons. The van der Waals surface area contributed by atoms with Gasteiger partial charge in [-0.25, -0.2) is 9.97 Å². The molecule has 1 aromatic heterocycles. The van der Waals surface area contributed by atoms with Crippen molar-refractivity contribution in [3.8, 4) is 6.07 Å². The predicted octanol–water partition coefficient (Wildman–Crippen LogP) is 3.94. The van der Waals surface area contributed by atoms with Crippen molar-refractivity contribution in [1.29, 1.82) is 5.26 Å². The zero-order chi connectivity index (χ0) is 13.8. The zero-order valence-corrected chi connectivity index (χ0v) is 12.4. The van der Waals surface area contributed by atoms with Crippen LogP contribution in [0.25, 0.3) is 0 Å². The number of nitrogens with one attached hydrogen (secondary N) is 1. The molecule has 1 aromatic carbocycles. The predicted molar refractivity (Wildman–Crippen MR) is 77.9 cm³/mol. The maximum Gasteiger partial charge on any atom is 0.148 e. The van der Waals surface area contributed by atoms with Crippen LogP contribution in [0.5, 0.6) is 0 Å². The van der Waals surface area contributed by atoms with Gasteiger partial charge < -0.3 is 5.32 Å². The Morgan fingerprint density at radius 1 is 1.32 bits per heavy atom. The summed E-state index contributed by atoms with van der Waals surface area (Å²) in [4.78, 5) is 8.01. The van der Waals surface area contributed by atoms with Crippen molar-refractivity contribution in [1.82, 2.24) is 9.97 Å². The molecule has 0 aliphatic heterocycles. The monoisotopic (exact) mass is 336 g/mol. The van der Waals surface area contributed by atoms with E-state index in [9.17, 15) is 0 Å². The molecule has 0 fully saturated rings. The Morgan fingerprint density at radius 2 is 2.00 bits per heavy atom. The number of benzene rings is 1. The number of hydrogen-bond acceptors (Lipinski definition) is 4. The van der Waals surface area contributed by atoms with Crippen molar-refractivity contribution >= 4 is 33.3 Å². The highest BCUT2D eigenvalue weighted by Crippen LogP contribution is 2.28. The average molecular weight is 338 g/mol. The van der Waals surface area contributed by atoms with E-state index in [0.29, 0.717) is 21.0 Å². The molecule has 1 heterocycles. The van der Waals surface area contributed by atoms with Crippen molar-refractivity contribution in [2.24, 2.45) is 0 Å². The van der Waals surface area contributed by atoms with Crippen LogP contribution in [0.2, 0.25) is 5.15 Å². The van der Waals surface area contributed by atoms with Gasteiger partial charge >= 0.3 is 0 Å². The quantitative estimate of drug-likeness (QED) is 0.862. The van der Waals surface area contributed by atoms with Gasteiger partial charge in [0.1, 0.15) is 17.3 Å². The lowest BCUT2D eigenvalue weighted by Gasteiger charge is -2.16. The molecule has 19 heavy (non-hydrogen) atoms. The summed E-state index contributed by atoms with van der Waals surface area (Å²) in [5, 5.41) is 12.4. The van der Waals surface area contributed by atoms with Gasteiger partial charge in [-0.3, -0.25) is 0 Å². The molecule has 2 aromatic rings. The van der Waals surface area contributed by atoms with Crippen molar-refractivity contribution in [3.05, 3.63) is 51.3 Å². The summed E-state index contributed by atoms with van der Waals surface area (Å²) in [6.07, 6.45) is 1.40. The summed E-state index contributed by atoms with van der Waals surface area (Å²) in [6.45, 7) is 2.00. The van der Waals surface area contributed by atoms with E-state index in [4.69, 9.17) is 16.9 Å². The first-order valence-corrected chi connectivity index (χ1v) is 6.71. The zero-order valence-electron chi connectivity index (χ0n) is 10.1. The number of anilines is 1. The third-order valence-electron chi connectivity index (χ3n) is 2.64. The van der Waals surface area contributed by atoms with Gasteiger partial charge in [0.05, 0.1) is 16.1 Å². The Balaban J connectivity index is 2.18. The van der Waals surface area contributed by atoms with Crippen molar-refractivity contribution in [2.45, 2.75) is 13.0 Å². The molecule has 0 radical (unpaired) electrons. The van der Waals surface area contributed by atoms with E-state index >= 15 is 0 Å². The van der Waals surface area contributed by atoms with Crippen LogP contribution < -0.4 is 5.32 Å². The summed E-state index contributed by atoms with van der Waals surface area (Å²) in [5.41, 5.74) is 1.70. The SMILES string of the molecule is CC(Nc1ncnc(Cl)c1Br)c1ccc(C#N)cc1. The van der Waals surface area contributed by atoms with Gasteiger partial charge in [-0.1, -0.05) is 23.7 Å². The Bertz CT molecular complexity index is 622. The van der Waals surface area contributed by atoms with Crippen LogP contribution in [-0.4, -0.2) is 9.97 Å². The topological polar surface area (TPSA) is 61.6 Å². The van der Waals surface area contributed by atoms with Crippen LogP contribution in [0.3, 0.4) is 0 Å². The maximum atomic E-state index is 8.77. The molecule has 0 bridgehead atoms. The maximum absolute atomic E-state index is 8.77. The highest BCUT2D eigenvalue weighted by Gasteiger charge is 2.11. The number of halogens is 2. The molecule has 1 unspecified atom stereocenters. The third kappa shape index (κ3) is 3.22. The summed E-state index contributed by atoms with van der Waals surface area (Å²) in [5.74, 6) is 0.636. The van der Waals surface area contributed by atoms with Crippen LogP contribution in [0.15, 0.2) is 35.1 Å². The van der Waals surface area contributed by atoms with E-state index in [1.54, 1.807) is 12.1 Å². The molecule has 0 saturated heterocycles. The van der Waals surface area contributed by atoms with Crippen molar-refractivity contribution in [3.63, 3.8) is 0 Å². The van der Waals surface area contributed by atoms with E-state index in [2.05, 4.69) is 37.3 Å². The lowest BCUT2D eigenvalue weighted by atomic mass is 10.1. The normalized spacial score (nSPS) is 11.7. The third-order valence-corrected chi connectivity index (χ3v) is 3.91. The van der Waals surface area contributed by atoms with Crippen LogP contribution in [0.1, 0.15) is 24.1 Å². The largest absolute Gasteiger partial charge is 0.362 e. The molecule has 1 atom stereocenters. The minimum absolute atomic E-state index is 0.0370. The fourth-order valence-corrected chi connectivity index (χ4v) is 2.04. The molecule has 0 spiro atoms. The lowest BCUT2D eigenvalue weighted by molar-refractivity contribution is 0.869. The van der Waals surface area contributed by atoms with E-state index in [1.807, 2.05) is 19.1 Å². The van der Waals surface area contributed by atoms with Gasteiger partial charge in [0.25, 0.3) is 0 Å². The van der Waals surface area contributed by atoms with Crippen LogP contribution in [0.4, 0.5) is 5.82 Å². The highest BCUT2D eigenvalue weighted by molar-refractivity contribution is 9.10. The molecule has 0 saturated carbocycles. The summed E-state index contributed by atoms with van der Waals surface area (Å²) in [7, 11) is 0. The molecule has 2 rings (SSSR count). The Hall–Kier alpha value is -1.64. The number of nitrogens with zero attached hydrogens (tertiary/aromatic N) is 3. The minimum atomic E-state index is 0.0370. The van der Waals surface area contributed by atoms with E-state index in [0.717, 1.165) is 5.56 Å². The first-order valence-electron chi connectivity index (χ1n) is 5.54. The van der Waals surface area contributed by atoms with Crippen LogP contribution in [0, 0.1) is 11.3 Å². The fraction of sp³-hybridized carbons (Fsp3) is 0.154. The van der Waals surface area contributed by atoms with Crippen LogP contribution >= 0.6 is 27.5 Å². The lowest BCUT2D eigenvalue weighted by Crippen LogP contribution is -2.08. The standard InChI is InChI=1S/C13H10BrClN4/c1-8(10-4-2-9(6-16)3-5-10)19-13-11(14)12(15)17-7-18-13/h2-5,7-8H,1H3,(H,17,18,19).